The molecule has 1 aromatic carbocycles. The van der Waals surface area contributed by atoms with Crippen LogP contribution in [-0.2, 0) is 18.0 Å². The van der Waals surface area contributed by atoms with Crippen molar-refractivity contribution in [1.29, 1.82) is 5.26 Å². The fourth-order valence-electron chi connectivity index (χ4n) is 9.12. The zero-order chi connectivity index (χ0) is 35.2. The third-order valence-corrected chi connectivity index (χ3v) is 12.6. The van der Waals surface area contributed by atoms with Crippen LogP contribution >= 0.6 is 11.3 Å². The number of rotatable bonds is 5. The fourth-order valence-corrected chi connectivity index (χ4v) is 10.0. The lowest BCUT2D eigenvalue weighted by Crippen LogP contribution is -2.55. The van der Waals surface area contributed by atoms with Crippen LogP contribution in [0.2, 0.25) is 0 Å². The number of pyridine rings is 1. The first kappa shape index (κ1) is 33.1. The lowest BCUT2D eigenvalue weighted by molar-refractivity contribution is 0.0803. The second-order valence-electron chi connectivity index (χ2n) is 14.8. The van der Waals surface area contributed by atoms with Crippen molar-refractivity contribution in [2.75, 3.05) is 50.5 Å². The summed E-state index contributed by atoms with van der Waals surface area (Å²) in [5, 5.41) is 21.3. The molecule has 6 aliphatic rings. The van der Waals surface area contributed by atoms with E-state index in [-0.39, 0.29) is 68.7 Å². The van der Waals surface area contributed by atoms with Gasteiger partial charge in [-0.25, -0.2) is 13.2 Å². The Morgan fingerprint density at radius 2 is 1.86 bits per heavy atom. The number of halogens is 3. The van der Waals surface area contributed by atoms with Crippen molar-refractivity contribution >= 4 is 43.1 Å². The zero-order valence-electron chi connectivity index (χ0n) is 28.3. The number of fused-ring (bicyclic) bond motifs is 7. The number of thiophene rings is 1. The molecule has 8 heterocycles. The van der Waals surface area contributed by atoms with E-state index in [1.807, 2.05) is 6.07 Å². The molecule has 10 rings (SSSR count). The Kier molecular flexibility index (Phi) is 8.04. The highest BCUT2D eigenvalue weighted by molar-refractivity contribution is 7.23. The Morgan fingerprint density at radius 1 is 1.10 bits per heavy atom. The smallest absolute Gasteiger partial charge is 0.318 e. The van der Waals surface area contributed by atoms with Gasteiger partial charge < -0.3 is 25.2 Å². The maximum atomic E-state index is 16.9. The number of ether oxygens (including phenoxy) is 2. The highest BCUT2D eigenvalue weighted by atomic mass is 32.1. The van der Waals surface area contributed by atoms with Crippen molar-refractivity contribution in [3.05, 3.63) is 34.5 Å². The Morgan fingerprint density at radius 3 is 2.57 bits per heavy atom. The number of nitrogens with two attached hydrogens (primary N) is 1. The zero-order valence-corrected chi connectivity index (χ0v) is 29.1. The number of anilines is 2. The normalized spacial score (nSPS) is 26.3. The number of aliphatic hydroxyl groups is 1. The number of alkyl halides is 1. The predicted molar refractivity (Wildman–Crippen MR) is 186 cm³/mol. The van der Waals surface area contributed by atoms with Crippen molar-refractivity contribution < 1.29 is 27.8 Å². The van der Waals surface area contributed by atoms with E-state index in [2.05, 4.69) is 24.7 Å². The van der Waals surface area contributed by atoms with E-state index in [9.17, 15) is 19.1 Å². The lowest BCUT2D eigenvalue weighted by Gasteiger charge is -2.43. The molecule has 5 fully saturated rings. The molecule has 0 spiro atoms. The van der Waals surface area contributed by atoms with Gasteiger partial charge in [-0.15, -0.1) is 11.3 Å². The summed E-state index contributed by atoms with van der Waals surface area (Å²) >= 11 is 0.938. The van der Waals surface area contributed by atoms with Gasteiger partial charge in [0, 0.05) is 55.3 Å². The van der Waals surface area contributed by atoms with Gasteiger partial charge in [0.1, 0.15) is 28.6 Å². The maximum absolute atomic E-state index is 16.9. The minimum Gasteiger partial charge on any atom is -0.467 e. The second kappa shape index (κ2) is 12.4. The first-order valence-corrected chi connectivity index (χ1v) is 18.5. The molecule has 5 aliphatic heterocycles. The van der Waals surface area contributed by atoms with Gasteiger partial charge in [0.15, 0.2) is 11.6 Å². The molecule has 0 amide bonds. The summed E-state index contributed by atoms with van der Waals surface area (Å²) in [6.45, 7) is 4.41. The van der Waals surface area contributed by atoms with Gasteiger partial charge in [0.2, 0.25) is 0 Å². The predicted octanol–water partition coefficient (Wildman–Crippen LogP) is 5.05. The van der Waals surface area contributed by atoms with Crippen LogP contribution in [0, 0.1) is 23.0 Å². The van der Waals surface area contributed by atoms with E-state index in [1.165, 1.54) is 20.0 Å². The van der Waals surface area contributed by atoms with E-state index in [4.69, 9.17) is 20.2 Å². The molecule has 15 heteroatoms. The highest BCUT2D eigenvalue weighted by Gasteiger charge is 2.47. The molecule has 1 saturated carbocycles. The molecule has 2 bridgehead atoms. The topological polar surface area (TPSA) is 137 Å². The average molecular weight is 721 g/mol. The highest BCUT2D eigenvalue weighted by Crippen LogP contribution is 2.48. The summed E-state index contributed by atoms with van der Waals surface area (Å²) in [5.74, 6) is -0.681. The molecule has 0 radical (unpaired) electrons. The monoisotopic (exact) mass is 720 g/mol. The van der Waals surface area contributed by atoms with E-state index < -0.39 is 23.4 Å². The maximum Gasteiger partial charge on any atom is 0.318 e. The van der Waals surface area contributed by atoms with Crippen LogP contribution in [-0.4, -0.2) is 99.6 Å². The summed E-state index contributed by atoms with van der Waals surface area (Å²) in [6, 6.07) is 2.96. The number of benzene rings is 1. The quantitative estimate of drug-likeness (QED) is 0.287. The van der Waals surface area contributed by atoms with Crippen LogP contribution in [0.3, 0.4) is 0 Å². The van der Waals surface area contributed by atoms with Crippen molar-refractivity contribution in [3.63, 3.8) is 0 Å². The van der Waals surface area contributed by atoms with Crippen molar-refractivity contribution in [3.8, 4) is 23.3 Å². The van der Waals surface area contributed by atoms with Crippen molar-refractivity contribution in [2.45, 2.75) is 88.1 Å². The molecule has 3 N–H and O–H groups in total. The standard InChI is InChI=1S/C29H27F2N7O3S.C7H12FN/c1-40-28-35-24-21(27(36-28)38-13-2-3-14(38)9-37(8-13)12-29(39)4-5-29)17-11-41-10-16(17)19(22(24)31)23-20-15(6-32)26(33)42-25(20)18(30)7-34-23;8-6-4-7-2-1-3-9(7)5-6/h7,13-14,39H,2-5,8-12,33H2,1H3;6-7H,1-5H2. The number of β-amino-alcohol motifs (C(OH)–C–C–N with tert-alkyl or cyclic N) is 1. The SMILES string of the molecule is COc1nc(N2C3CCC2CN(CC2(O)CC2)C3)c2c3c(c(-c4ncc(F)c5sc(N)c(C#N)c45)c(F)c2n1)COC3.FC1CC2CCCN2C1. The minimum absolute atomic E-state index is 0.0324. The number of hydrogen-bond donors (Lipinski definition) is 2. The molecule has 4 unspecified atom stereocenters. The molecular formula is C36H39F3N8O3S. The molecule has 4 atom stereocenters. The van der Waals surface area contributed by atoms with Crippen LogP contribution < -0.4 is 15.4 Å². The summed E-state index contributed by atoms with van der Waals surface area (Å²) in [7, 11) is 1.45. The summed E-state index contributed by atoms with van der Waals surface area (Å²) in [6.07, 6.45) is 7.44. The fraction of sp³-hybridized carbons (Fsp3) is 0.556. The number of hydrogen-bond acceptors (Lipinski definition) is 12. The van der Waals surface area contributed by atoms with Crippen LogP contribution in [0.15, 0.2) is 6.20 Å². The molecule has 4 aromatic rings. The number of piperazine rings is 1. The second-order valence-corrected chi connectivity index (χ2v) is 15.9. The first-order chi connectivity index (χ1) is 24.7. The lowest BCUT2D eigenvalue weighted by atomic mass is 9.93. The number of aromatic nitrogens is 3. The molecule has 4 saturated heterocycles. The van der Waals surface area contributed by atoms with E-state index in [1.54, 1.807) is 0 Å². The molecular weight excluding hydrogens is 682 g/mol. The Bertz CT molecular complexity index is 2080. The molecule has 11 nitrogen and oxygen atoms in total. The van der Waals surface area contributed by atoms with Crippen LogP contribution in [0.25, 0.3) is 32.2 Å². The number of nitriles is 1. The first-order valence-electron chi connectivity index (χ1n) is 17.7. The third kappa shape index (κ3) is 5.49. The van der Waals surface area contributed by atoms with Crippen LogP contribution in [0.5, 0.6) is 6.01 Å². The molecule has 268 valence electrons. The van der Waals surface area contributed by atoms with Gasteiger partial charge in [-0.3, -0.25) is 14.8 Å². The molecule has 51 heavy (non-hydrogen) atoms. The number of methoxy groups -OCH3 is 1. The molecule has 1 aliphatic carbocycles. The number of nitrogen functional groups attached to an aromatic ring is 1. The Hall–Kier alpha value is -3.81. The Labute approximate surface area is 296 Å². The summed E-state index contributed by atoms with van der Waals surface area (Å²) in [4.78, 5) is 20.5. The van der Waals surface area contributed by atoms with Gasteiger partial charge in [-0.1, -0.05) is 0 Å². The van der Waals surface area contributed by atoms with Gasteiger partial charge >= 0.3 is 6.01 Å². The minimum atomic E-state index is -0.660. The van der Waals surface area contributed by atoms with Gasteiger partial charge in [-0.05, 0) is 62.6 Å². The number of likely N-dealkylation sites (tertiary alicyclic amines) is 1. The van der Waals surface area contributed by atoms with Gasteiger partial charge in [0.25, 0.3) is 0 Å². The summed E-state index contributed by atoms with van der Waals surface area (Å²) in [5.41, 5.74) is 7.19. The summed E-state index contributed by atoms with van der Waals surface area (Å²) < 4.78 is 55.8. The van der Waals surface area contributed by atoms with Gasteiger partial charge in [-0.2, -0.15) is 15.2 Å². The largest absolute Gasteiger partial charge is 0.467 e. The molecule has 3 aromatic heterocycles. The van der Waals surface area contributed by atoms with Crippen LogP contribution in [0.1, 0.15) is 61.6 Å². The number of nitrogens with zero attached hydrogens (tertiary/aromatic N) is 7. The van der Waals surface area contributed by atoms with E-state index in [0.717, 1.165) is 74.8 Å². The van der Waals surface area contributed by atoms with Gasteiger partial charge in [0.05, 0.1) is 53.5 Å². The van der Waals surface area contributed by atoms with Crippen molar-refractivity contribution in [1.82, 2.24) is 24.8 Å². The Balaban J connectivity index is 0.000000335. The van der Waals surface area contributed by atoms with E-state index >= 15 is 4.39 Å². The van der Waals surface area contributed by atoms with Crippen molar-refractivity contribution in [2.24, 2.45) is 0 Å². The average Bonchev–Trinajstić information content (AvgIpc) is 3.64. The third-order valence-electron chi connectivity index (χ3n) is 11.6. The van der Waals surface area contributed by atoms with Crippen LogP contribution in [0.4, 0.5) is 24.0 Å². The van der Waals surface area contributed by atoms with E-state index in [0.29, 0.717) is 35.9 Å².